The first kappa shape index (κ1) is 22.6. The zero-order valence-corrected chi connectivity index (χ0v) is 19.0. The first-order valence-electron chi connectivity index (χ1n) is 11.1. The van der Waals surface area contributed by atoms with E-state index in [0.717, 1.165) is 19.3 Å². The number of rotatable bonds is 4. The Balaban J connectivity index is 1.48. The number of anilines is 1. The van der Waals surface area contributed by atoms with Crippen LogP contribution in [0.15, 0.2) is 36.8 Å². The maximum absolute atomic E-state index is 13.7. The summed E-state index contributed by atoms with van der Waals surface area (Å²) < 4.78 is 48.2. The molecule has 180 valence electrons. The number of methoxy groups -OCH3 is 1. The Labute approximate surface area is 194 Å². The fourth-order valence-electron chi connectivity index (χ4n) is 5.55. The summed E-state index contributed by atoms with van der Waals surface area (Å²) in [6.07, 6.45) is 1.47. The van der Waals surface area contributed by atoms with Gasteiger partial charge in [0.2, 0.25) is 0 Å². The highest BCUT2D eigenvalue weighted by molar-refractivity contribution is 5.91. The molecule has 2 unspecified atom stereocenters. The van der Waals surface area contributed by atoms with Gasteiger partial charge in [0, 0.05) is 31.1 Å². The van der Waals surface area contributed by atoms with Gasteiger partial charge in [0.1, 0.15) is 5.82 Å². The molecule has 2 amide bonds. The molecule has 1 saturated heterocycles. The predicted molar refractivity (Wildman–Crippen MR) is 118 cm³/mol. The van der Waals surface area contributed by atoms with E-state index < -0.39 is 23.3 Å². The molecule has 0 spiro atoms. The van der Waals surface area contributed by atoms with Crippen molar-refractivity contribution in [1.29, 1.82) is 0 Å². The average Bonchev–Trinajstić information content (AvgIpc) is 3.25. The fourth-order valence-corrected chi connectivity index (χ4v) is 5.55. The van der Waals surface area contributed by atoms with Gasteiger partial charge < -0.3 is 9.64 Å². The van der Waals surface area contributed by atoms with Crippen molar-refractivity contribution in [2.45, 2.75) is 57.0 Å². The molecule has 2 fully saturated rings. The van der Waals surface area contributed by atoms with Crippen molar-refractivity contribution in [3.05, 3.63) is 42.4 Å². The van der Waals surface area contributed by atoms with E-state index >= 15 is 0 Å². The molecular weight excluding hydrogens is 449 g/mol. The molecule has 3 aromatic heterocycles. The number of amides is 2. The Morgan fingerprint density at radius 2 is 2.09 bits per heavy atom. The number of nitrogens with one attached hydrogen (secondary N) is 1. The van der Waals surface area contributed by atoms with Gasteiger partial charge >= 0.3 is 12.2 Å². The van der Waals surface area contributed by atoms with Crippen LogP contribution in [0, 0.1) is 5.92 Å². The lowest BCUT2D eigenvalue weighted by Crippen LogP contribution is -2.76. The normalized spacial score (nSPS) is 25.2. The van der Waals surface area contributed by atoms with Crippen LogP contribution in [0.1, 0.15) is 38.7 Å². The standard InChI is InChI=1S/C23H25F3N6O2/c1-13-7-16-10-22(9-13,14(2)34-3)32(16)21(33)29-19-8-17(18(12-27-19)23(24,25)26)20-28-11-15-5-4-6-31(15)30-20/h4-6,8,11-14,16H,7,9-10H2,1-3H3,(H,27,29,33)/t13-,14+,16?,22?/m0/s1. The summed E-state index contributed by atoms with van der Waals surface area (Å²) in [5, 5.41) is 6.90. The number of urea groups is 1. The van der Waals surface area contributed by atoms with E-state index in [9.17, 15) is 18.0 Å². The van der Waals surface area contributed by atoms with E-state index in [4.69, 9.17) is 4.74 Å². The summed E-state index contributed by atoms with van der Waals surface area (Å²) in [4.78, 5) is 23.0. The molecule has 11 heteroatoms. The molecule has 2 bridgehead atoms. The number of fused-ring (bicyclic) bond motifs is 3. The molecule has 1 N–H and O–H groups in total. The van der Waals surface area contributed by atoms with Crippen molar-refractivity contribution < 1.29 is 22.7 Å². The van der Waals surface area contributed by atoms with Crippen LogP contribution < -0.4 is 5.32 Å². The lowest BCUT2D eigenvalue weighted by molar-refractivity contribution is -0.155. The highest BCUT2D eigenvalue weighted by Crippen LogP contribution is 2.52. The number of piperidine rings is 1. The second-order valence-corrected chi connectivity index (χ2v) is 9.26. The second-order valence-electron chi connectivity index (χ2n) is 9.26. The lowest BCUT2D eigenvalue weighted by atomic mass is 9.62. The SMILES string of the molecule is CO[C@H](C)C12CC(C[C@H](C)C1)N2C(=O)Nc1cc(-c2ncc3cccn3n2)c(C(F)(F)F)cn1. The van der Waals surface area contributed by atoms with Crippen molar-refractivity contribution in [3.8, 4) is 11.4 Å². The third-order valence-electron chi connectivity index (χ3n) is 7.11. The number of halogens is 3. The summed E-state index contributed by atoms with van der Waals surface area (Å²) in [6, 6.07) is 4.31. The maximum atomic E-state index is 13.7. The minimum absolute atomic E-state index is 0.00226. The van der Waals surface area contributed by atoms with Gasteiger partial charge in [0.25, 0.3) is 0 Å². The number of hydrogen-bond donors (Lipinski definition) is 1. The Bertz CT molecular complexity index is 1240. The quantitative estimate of drug-likeness (QED) is 0.597. The molecule has 1 aliphatic carbocycles. The van der Waals surface area contributed by atoms with Gasteiger partial charge in [-0.1, -0.05) is 6.92 Å². The number of hydrogen-bond acceptors (Lipinski definition) is 5. The summed E-state index contributed by atoms with van der Waals surface area (Å²) in [5.41, 5.74) is -1.02. The molecule has 2 aliphatic rings. The summed E-state index contributed by atoms with van der Waals surface area (Å²) in [7, 11) is 1.62. The topological polar surface area (TPSA) is 84.7 Å². The minimum atomic E-state index is -4.66. The van der Waals surface area contributed by atoms with Gasteiger partial charge in [-0.3, -0.25) is 5.32 Å². The first-order chi connectivity index (χ1) is 16.1. The third-order valence-corrected chi connectivity index (χ3v) is 7.11. The molecule has 1 aliphatic heterocycles. The molecule has 1 saturated carbocycles. The molecule has 0 aromatic carbocycles. The number of aromatic nitrogens is 4. The van der Waals surface area contributed by atoms with Gasteiger partial charge in [-0.25, -0.2) is 19.3 Å². The molecule has 34 heavy (non-hydrogen) atoms. The number of ether oxygens (including phenoxy) is 1. The fraction of sp³-hybridized carbons (Fsp3) is 0.478. The largest absolute Gasteiger partial charge is 0.418 e. The molecule has 5 rings (SSSR count). The van der Waals surface area contributed by atoms with Gasteiger partial charge in [-0.15, -0.1) is 5.10 Å². The van der Waals surface area contributed by atoms with Gasteiger partial charge in [0.15, 0.2) is 5.82 Å². The van der Waals surface area contributed by atoms with Crippen LogP contribution >= 0.6 is 0 Å². The molecule has 0 radical (unpaired) electrons. The van der Waals surface area contributed by atoms with E-state index in [0.29, 0.717) is 17.6 Å². The Morgan fingerprint density at radius 3 is 2.82 bits per heavy atom. The van der Waals surface area contributed by atoms with E-state index in [-0.39, 0.29) is 29.4 Å². The smallest absolute Gasteiger partial charge is 0.379 e. The highest BCUT2D eigenvalue weighted by atomic mass is 19.4. The summed E-state index contributed by atoms with van der Waals surface area (Å²) in [6.45, 7) is 4.10. The molecular formula is C23H25F3N6O2. The maximum Gasteiger partial charge on any atom is 0.418 e. The van der Waals surface area contributed by atoms with Crippen LogP contribution in [0.25, 0.3) is 16.9 Å². The third kappa shape index (κ3) is 3.58. The second kappa shape index (κ2) is 7.93. The minimum Gasteiger partial charge on any atom is -0.379 e. The number of pyridine rings is 1. The predicted octanol–water partition coefficient (Wildman–Crippen LogP) is 4.62. The monoisotopic (exact) mass is 474 g/mol. The molecule has 3 aromatic rings. The van der Waals surface area contributed by atoms with Gasteiger partial charge in [-0.2, -0.15) is 13.2 Å². The van der Waals surface area contributed by atoms with Gasteiger partial charge in [-0.05, 0) is 50.3 Å². The van der Waals surface area contributed by atoms with Crippen LogP contribution in [-0.4, -0.2) is 55.3 Å². The first-order valence-corrected chi connectivity index (χ1v) is 11.1. The van der Waals surface area contributed by atoms with Crippen LogP contribution in [0.3, 0.4) is 0 Å². The molecule has 8 nitrogen and oxygen atoms in total. The van der Waals surface area contributed by atoms with E-state index in [2.05, 4.69) is 27.3 Å². The summed E-state index contributed by atoms with van der Waals surface area (Å²) in [5.74, 6) is 0.340. The van der Waals surface area contributed by atoms with Gasteiger partial charge in [0.05, 0.1) is 28.9 Å². The lowest BCUT2D eigenvalue weighted by Gasteiger charge is -2.65. The van der Waals surface area contributed by atoms with Crippen molar-refractivity contribution in [1.82, 2.24) is 24.5 Å². The van der Waals surface area contributed by atoms with Crippen molar-refractivity contribution in [3.63, 3.8) is 0 Å². The number of carbonyl (C=O) groups is 1. The number of alkyl halides is 3. The van der Waals surface area contributed by atoms with E-state index in [1.165, 1.54) is 16.8 Å². The van der Waals surface area contributed by atoms with Crippen LogP contribution in [0.5, 0.6) is 0 Å². The van der Waals surface area contributed by atoms with Crippen molar-refractivity contribution in [2.24, 2.45) is 5.92 Å². The van der Waals surface area contributed by atoms with Crippen molar-refractivity contribution >= 4 is 17.4 Å². The Kier molecular flexibility index (Phi) is 5.27. The van der Waals surface area contributed by atoms with Crippen LogP contribution in [-0.2, 0) is 10.9 Å². The average molecular weight is 474 g/mol. The van der Waals surface area contributed by atoms with E-state index in [1.807, 2.05) is 6.92 Å². The van der Waals surface area contributed by atoms with Crippen LogP contribution in [0.4, 0.5) is 23.8 Å². The molecule has 4 atom stereocenters. The highest BCUT2D eigenvalue weighted by Gasteiger charge is 2.61. The van der Waals surface area contributed by atoms with Crippen LogP contribution in [0.2, 0.25) is 0 Å². The Morgan fingerprint density at radius 1 is 1.29 bits per heavy atom. The zero-order valence-electron chi connectivity index (χ0n) is 19.0. The Hall–Kier alpha value is -3.21. The summed E-state index contributed by atoms with van der Waals surface area (Å²) >= 11 is 0. The van der Waals surface area contributed by atoms with E-state index in [1.54, 1.807) is 30.3 Å². The number of likely N-dealkylation sites (tertiary alicyclic amines) is 1. The number of nitrogens with zero attached hydrogens (tertiary/aromatic N) is 5. The number of carbonyl (C=O) groups excluding carboxylic acids is 1. The molecule has 4 heterocycles. The van der Waals surface area contributed by atoms with Crippen molar-refractivity contribution in [2.75, 3.05) is 12.4 Å². The zero-order chi connectivity index (χ0) is 24.3.